The van der Waals surface area contributed by atoms with Crippen LogP contribution in [0.2, 0.25) is 0 Å². The number of aromatic carboxylic acids is 1. The molecule has 0 amide bonds. The molecule has 5 nitrogen and oxygen atoms in total. The van der Waals surface area contributed by atoms with Crippen molar-refractivity contribution < 1.29 is 14.3 Å². The van der Waals surface area contributed by atoms with Crippen molar-refractivity contribution in [1.29, 1.82) is 0 Å². The SMILES string of the molecule is Cc1c(N)ccc(F)c1-c1ccc2c(C(=O)O)ncn2c1. The van der Waals surface area contributed by atoms with E-state index < -0.39 is 5.97 Å². The first-order valence-electron chi connectivity index (χ1n) is 6.24. The highest BCUT2D eigenvalue weighted by atomic mass is 19.1. The fourth-order valence-corrected chi connectivity index (χ4v) is 2.36. The fraction of sp³-hybridized carbons (Fsp3) is 0.0667. The number of aromatic nitrogens is 2. The maximum Gasteiger partial charge on any atom is 0.356 e. The topological polar surface area (TPSA) is 80.6 Å². The van der Waals surface area contributed by atoms with Gasteiger partial charge in [-0.05, 0) is 30.7 Å². The summed E-state index contributed by atoms with van der Waals surface area (Å²) in [5.41, 5.74) is 8.40. The van der Waals surface area contributed by atoms with E-state index in [-0.39, 0.29) is 11.5 Å². The molecule has 0 unspecified atom stereocenters. The lowest BCUT2D eigenvalue weighted by Gasteiger charge is -2.10. The van der Waals surface area contributed by atoms with Crippen molar-refractivity contribution in [3.05, 3.63) is 53.9 Å². The van der Waals surface area contributed by atoms with Crippen LogP contribution >= 0.6 is 0 Å². The first-order chi connectivity index (χ1) is 9.99. The number of nitrogen functional groups attached to an aromatic ring is 1. The molecular formula is C15H12FN3O2. The molecule has 0 saturated heterocycles. The standard InChI is InChI=1S/C15H12FN3O2/c1-8-11(17)4-3-10(16)13(8)9-2-5-12-14(15(20)21)18-7-19(12)6-9/h2-7H,17H2,1H3,(H,20,21). The van der Waals surface area contributed by atoms with Crippen LogP contribution in [-0.4, -0.2) is 20.5 Å². The normalized spacial score (nSPS) is 11.0. The van der Waals surface area contributed by atoms with Gasteiger partial charge in [0.05, 0.1) is 5.52 Å². The van der Waals surface area contributed by atoms with Crippen LogP contribution in [0.4, 0.5) is 10.1 Å². The van der Waals surface area contributed by atoms with Gasteiger partial charge in [-0.3, -0.25) is 0 Å². The second-order valence-electron chi connectivity index (χ2n) is 4.75. The average Bonchev–Trinajstić information content (AvgIpc) is 2.87. The van der Waals surface area contributed by atoms with Gasteiger partial charge in [-0.2, -0.15) is 0 Å². The molecule has 0 aliphatic carbocycles. The number of pyridine rings is 1. The Morgan fingerprint density at radius 1 is 1.33 bits per heavy atom. The number of halogens is 1. The molecule has 21 heavy (non-hydrogen) atoms. The number of carboxylic acid groups (broad SMARTS) is 1. The lowest BCUT2D eigenvalue weighted by molar-refractivity contribution is 0.0693. The number of carboxylic acids is 1. The molecule has 3 N–H and O–H groups in total. The first-order valence-corrected chi connectivity index (χ1v) is 6.24. The van der Waals surface area contributed by atoms with E-state index in [1.165, 1.54) is 18.5 Å². The Kier molecular flexibility index (Phi) is 2.86. The number of hydrogen-bond donors (Lipinski definition) is 2. The van der Waals surface area contributed by atoms with Gasteiger partial charge in [0, 0.05) is 23.0 Å². The second kappa shape index (κ2) is 4.59. The molecule has 0 aliphatic heterocycles. The van der Waals surface area contributed by atoms with Crippen molar-refractivity contribution in [2.75, 3.05) is 5.73 Å². The highest BCUT2D eigenvalue weighted by Gasteiger charge is 2.15. The van der Waals surface area contributed by atoms with Crippen LogP contribution in [0.15, 0.2) is 36.8 Å². The van der Waals surface area contributed by atoms with Gasteiger partial charge in [0.25, 0.3) is 0 Å². The van der Waals surface area contributed by atoms with E-state index in [9.17, 15) is 9.18 Å². The maximum atomic E-state index is 14.1. The van der Waals surface area contributed by atoms with Crippen molar-refractivity contribution in [2.24, 2.45) is 0 Å². The Balaban J connectivity index is 2.23. The first kappa shape index (κ1) is 13.1. The van der Waals surface area contributed by atoms with E-state index in [4.69, 9.17) is 10.8 Å². The Bertz CT molecular complexity index is 871. The fourth-order valence-electron chi connectivity index (χ4n) is 2.36. The minimum atomic E-state index is -1.10. The molecule has 106 valence electrons. The summed E-state index contributed by atoms with van der Waals surface area (Å²) in [4.78, 5) is 14.9. The summed E-state index contributed by atoms with van der Waals surface area (Å²) in [6.45, 7) is 1.74. The number of nitrogens with two attached hydrogens (primary N) is 1. The quantitative estimate of drug-likeness (QED) is 0.709. The average molecular weight is 285 g/mol. The molecule has 3 rings (SSSR count). The number of anilines is 1. The second-order valence-corrected chi connectivity index (χ2v) is 4.75. The van der Waals surface area contributed by atoms with Crippen molar-refractivity contribution in [3.8, 4) is 11.1 Å². The predicted molar refractivity (Wildman–Crippen MR) is 76.7 cm³/mol. The zero-order chi connectivity index (χ0) is 15.1. The van der Waals surface area contributed by atoms with Gasteiger partial charge < -0.3 is 15.2 Å². The number of imidazole rings is 1. The third kappa shape index (κ3) is 2.01. The molecule has 0 radical (unpaired) electrons. The van der Waals surface area contributed by atoms with Crippen molar-refractivity contribution in [3.63, 3.8) is 0 Å². The summed E-state index contributed by atoms with van der Waals surface area (Å²) in [6.07, 6.45) is 3.03. The minimum absolute atomic E-state index is 0.0358. The smallest absolute Gasteiger partial charge is 0.356 e. The summed E-state index contributed by atoms with van der Waals surface area (Å²) >= 11 is 0. The Morgan fingerprint density at radius 2 is 2.10 bits per heavy atom. The third-order valence-electron chi connectivity index (χ3n) is 3.48. The number of fused-ring (bicyclic) bond motifs is 1. The van der Waals surface area contributed by atoms with Gasteiger partial charge in [0.1, 0.15) is 12.1 Å². The van der Waals surface area contributed by atoms with Gasteiger partial charge in [0.2, 0.25) is 0 Å². The lowest BCUT2D eigenvalue weighted by Crippen LogP contribution is -1.98. The maximum absolute atomic E-state index is 14.1. The van der Waals surface area contributed by atoms with Crippen LogP contribution in [0.5, 0.6) is 0 Å². The van der Waals surface area contributed by atoms with Gasteiger partial charge >= 0.3 is 5.97 Å². The van der Waals surface area contributed by atoms with Gasteiger partial charge in [-0.15, -0.1) is 0 Å². The minimum Gasteiger partial charge on any atom is -0.476 e. The molecule has 0 bridgehead atoms. The summed E-state index contributed by atoms with van der Waals surface area (Å²) in [5, 5.41) is 9.03. The van der Waals surface area contributed by atoms with E-state index in [0.29, 0.717) is 27.9 Å². The molecule has 0 aliphatic rings. The van der Waals surface area contributed by atoms with Crippen LogP contribution in [0.3, 0.4) is 0 Å². The Hall–Kier alpha value is -2.89. The number of nitrogens with zero attached hydrogens (tertiary/aromatic N) is 2. The number of carbonyl (C=O) groups is 1. The van der Waals surface area contributed by atoms with Crippen LogP contribution in [0.1, 0.15) is 16.1 Å². The molecule has 0 fully saturated rings. The molecule has 0 saturated carbocycles. The van der Waals surface area contributed by atoms with Crippen LogP contribution < -0.4 is 5.73 Å². The molecule has 2 heterocycles. The Labute approximate surface area is 119 Å². The van der Waals surface area contributed by atoms with Crippen molar-refractivity contribution in [1.82, 2.24) is 9.38 Å². The van der Waals surface area contributed by atoms with Gasteiger partial charge in [-0.25, -0.2) is 14.2 Å². The van der Waals surface area contributed by atoms with Gasteiger partial charge in [0.15, 0.2) is 5.69 Å². The third-order valence-corrected chi connectivity index (χ3v) is 3.48. The zero-order valence-electron chi connectivity index (χ0n) is 11.2. The highest BCUT2D eigenvalue weighted by Crippen LogP contribution is 2.30. The molecule has 3 aromatic rings. The van der Waals surface area contributed by atoms with E-state index >= 15 is 0 Å². The zero-order valence-corrected chi connectivity index (χ0v) is 11.2. The molecular weight excluding hydrogens is 273 g/mol. The summed E-state index contributed by atoms with van der Waals surface area (Å²) in [6, 6.07) is 6.10. The number of hydrogen-bond acceptors (Lipinski definition) is 3. The predicted octanol–water partition coefficient (Wildman–Crippen LogP) is 2.73. The summed E-state index contributed by atoms with van der Waals surface area (Å²) < 4.78 is 15.6. The molecule has 1 aromatic carbocycles. The van der Waals surface area contributed by atoms with E-state index in [1.807, 2.05) is 0 Å². The molecule has 6 heteroatoms. The summed E-state index contributed by atoms with van der Waals surface area (Å²) in [5.74, 6) is -1.48. The summed E-state index contributed by atoms with van der Waals surface area (Å²) in [7, 11) is 0. The van der Waals surface area contributed by atoms with E-state index in [1.54, 1.807) is 29.7 Å². The monoisotopic (exact) mass is 285 g/mol. The van der Waals surface area contributed by atoms with Crippen molar-refractivity contribution >= 4 is 17.2 Å². The molecule has 0 atom stereocenters. The van der Waals surface area contributed by atoms with Crippen LogP contribution in [0.25, 0.3) is 16.6 Å². The Morgan fingerprint density at radius 3 is 2.81 bits per heavy atom. The highest BCUT2D eigenvalue weighted by molar-refractivity contribution is 5.93. The lowest BCUT2D eigenvalue weighted by atomic mass is 10.00. The van der Waals surface area contributed by atoms with Crippen molar-refractivity contribution in [2.45, 2.75) is 6.92 Å². The van der Waals surface area contributed by atoms with E-state index in [0.717, 1.165) is 0 Å². The number of rotatable bonds is 2. The van der Waals surface area contributed by atoms with E-state index in [2.05, 4.69) is 4.98 Å². The van der Waals surface area contributed by atoms with Crippen LogP contribution in [-0.2, 0) is 0 Å². The largest absolute Gasteiger partial charge is 0.476 e. The van der Waals surface area contributed by atoms with Crippen LogP contribution in [0, 0.1) is 12.7 Å². The number of benzene rings is 1. The molecule has 2 aromatic heterocycles. The molecule has 0 spiro atoms. The van der Waals surface area contributed by atoms with Gasteiger partial charge in [-0.1, -0.05) is 6.07 Å².